The molecular formula is C15H25N3. The van der Waals surface area contributed by atoms with Crippen LogP contribution in [0, 0.1) is 0 Å². The van der Waals surface area contributed by atoms with E-state index in [4.69, 9.17) is 5.73 Å². The van der Waals surface area contributed by atoms with E-state index in [1.165, 1.54) is 44.2 Å². The molecule has 2 heterocycles. The molecule has 2 rings (SSSR count). The van der Waals surface area contributed by atoms with Crippen LogP contribution in [0.5, 0.6) is 0 Å². The lowest BCUT2D eigenvalue weighted by molar-refractivity contribution is 0.135. The smallest absolute Gasteiger partial charge is 0.0488 e. The first-order valence-electron chi connectivity index (χ1n) is 7.22. The summed E-state index contributed by atoms with van der Waals surface area (Å²) in [6, 6.07) is 5.18. The van der Waals surface area contributed by atoms with Gasteiger partial charge in [0.2, 0.25) is 0 Å². The van der Waals surface area contributed by atoms with Crippen LogP contribution in [-0.2, 0) is 0 Å². The van der Waals surface area contributed by atoms with Crippen molar-refractivity contribution in [1.82, 2.24) is 9.88 Å². The number of aromatic nitrogens is 1. The molecule has 0 radical (unpaired) electrons. The Balaban J connectivity index is 2.19. The number of likely N-dealkylation sites (tertiary alicyclic amines) is 1. The number of nitrogens with two attached hydrogens (primary N) is 1. The zero-order valence-electron chi connectivity index (χ0n) is 11.4. The van der Waals surface area contributed by atoms with E-state index in [9.17, 15) is 0 Å². The maximum atomic E-state index is 6.03. The van der Waals surface area contributed by atoms with Gasteiger partial charge < -0.3 is 5.73 Å². The summed E-state index contributed by atoms with van der Waals surface area (Å²) in [7, 11) is 0. The van der Waals surface area contributed by atoms with E-state index in [-0.39, 0.29) is 0 Å². The summed E-state index contributed by atoms with van der Waals surface area (Å²) in [5.74, 6) is 0. The minimum atomic E-state index is 0.335. The molecule has 1 aliphatic rings. The van der Waals surface area contributed by atoms with Crippen LogP contribution in [0.15, 0.2) is 24.5 Å². The van der Waals surface area contributed by atoms with Gasteiger partial charge in [0.25, 0.3) is 0 Å². The standard InChI is InChI=1S/C15H25N3/c1-2-14-8-4-3-5-10-18(14)15(11-16)13-7-6-9-17-12-13/h6-7,9,12,14-15H,2-5,8,10-11,16H2,1H3. The van der Waals surface area contributed by atoms with Gasteiger partial charge in [-0.2, -0.15) is 0 Å². The molecule has 0 bridgehead atoms. The van der Waals surface area contributed by atoms with Crippen LogP contribution >= 0.6 is 0 Å². The zero-order chi connectivity index (χ0) is 12.8. The van der Waals surface area contributed by atoms with Gasteiger partial charge in [-0.1, -0.05) is 25.8 Å². The Morgan fingerprint density at radius 2 is 2.33 bits per heavy atom. The zero-order valence-corrected chi connectivity index (χ0v) is 11.4. The molecule has 100 valence electrons. The molecule has 0 saturated carbocycles. The molecule has 0 amide bonds. The maximum absolute atomic E-state index is 6.03. The van der Waals surface area contributed by atoms with E-state index in [0.717, 1.165) is 0 Å². The molecule has 3 heteroatoms. The van der Waals surface area contributed by atoms with Crippen molar-refractivity contribution >= 4 is 0 Å². The highest BCUT2D eigenvalue weighted by atomic mass is 15.2. The molecule has 0 aliphatic carbocycles. The lowest BCUT2D eigenvalue weighted by atomic mass is 10.0. The van der Waals surface area contributed by atoms with Crippen LogP contribution in [0.4, 0.5) is 0 Å². The van der Waals surface area contributed by atoms with Crippen molar-refractivity contribution in [2.75, 3.05) is 13.1 Å². The first-order chi connectivity index (χ1) is 8.86. The monoisotopic (exact) mass is 247 g/mol. The Morgan fingerprint density at radius 1 is 1.44 bits per heavy atom. The van der Waals surface area contributed by atoms with Crippen molar-refractivity contribution in [3.05, 3.63) is 30.1 Å². The Morgan fingerprint density at radius 3 is 3.00 bits per heavy atom. The largest absolute Gasteiger partial charge is 0.329 e. The molecule has 2 unspecified atom stereocenters. The normalized spacial score (nSPS) is 23.6. The average Bonchev–Trinajstić information content (AvgIpc) is 2.66. The Kier molecular flexibility index (Phi) is 5.14. The van der Waals surface area contributed by atoms with Gasteiger partial charge in [0.05, 0.1) is 0 Å². The van der Waals surface area contributed by atoms with Gasteiger partial charge in [0.1, 0.15) is 0 Å². The molecule has 0 aromatic carbocycles. The minimum Gasteiger partial charge on any atom is -0.329 e. The second-order valence-electron chi connectivity index (χ2n) is 5.19. The predicted octanol–water partition coefficient (Wildman–Crippen LogP) is 2.74. The third kappa shape index (κ3) is 3.09. The van der Waals surface area contributed by atoms with Crippen LogP contribution in [-0.4, -0.2) is 29.0 Å². The van der Waals surface area contributed by atoms with Crippen molar-refractivity contribution in [1.29, 1.82) is 0 Å². The number of hydrogen-bond donors (Lipinski definition) is 1. The lowest BCUT2D eigenvalue weighted by Crippen LogP contribution is -2.41. The van der Waals surface area contributed by atoms with Gasteiger partial charge in [0.15, 0.2) is 0 Å². The van der Waals surface area contributed by atoms with E-state index in [2.05, 4.69) is 22.9 Å². The first-order valence-corrected chi connectivity index (χ1v) is 7.22. The summed E-state index contributed by atoms with van der Waals surface area (Å²) in [6.07, 6.45) is 10.3. The molecule has 1 saturated heterocycles. The molecule has 3 nitrogen and oxygen atoms in total. The lowest BCUT2D eigenvalue weighted by Gasteiger charge is -2.36. The van der Waals surface area contributed by atoms with Crippen molar-refractivity contribution in [2.24, 2.45) is 5.73 Å². The number of rotatable bonds is 4. The van der Waals surface area contributed by atoms with Gasteiger partial charge in [-0.05, 0) is 37.4 Å². The van der Waals surface area contributed by atoms with Gasteiger partial charge in [-0.25, -0.2) is 0 Å². The summed E-state index contributed by atoms with van der Waals surface area (Å²) in [4.78, 5) is 6.86. The third-order valence-electron chi connectivity index (χ3n) is 4.09. The second kappa shape index (κ2) is 6.86. The average molecular weight is 247 g/mol. The molecule has 18 heavy (non-hydrogen) atoms. The summed E-state index contributed by atoms with van der Waals surface area (Å²) in [5.41, 5.74) is 7.30. The molecule has 1 aromatic heterocycles. The minimum absolute atomic E-state index is 0.335. The van der Waals surface area contributed by atoms with Gasteiger partial charge in [0, 0.05) is 31.0 Å². The van der Waals surface area contributed by atoms with Gasteiger partial charge >= 0.3 is 0 Å². The van der Waals surface area contributed by atoms with E-state index in [1.807, 2.05) is 18.5 Å². The highest BCUT2D eigenvalue weighted by Crippen LogP contribution is 2.28. The number of hydrogen-bond acceptors (Lipinski definition) is 3. The number of pyridine rings is 1. The topological polar surface area (TPSA) is 42.1 Å². The Labute approximate surface area is 110 Å². The van der Waals surface area contributed by atoms with Crippen molar-refractivity contribution in [3.63, 3.8) is 0 Å². The molecule has 2 atom stereocenters. The van der Waals surface area contributed by atoms with Gasteiger partial charge in [-0.15, -0.1) is 0 Å². The van der Waals surface area contributed by atoms with E-state index in [1.54, 1.807) is 0 Å². The van der Waals surface area contributed by atoms with Gasteiger partial charge in [-0.3, -0.25) is 9.88 Å². The van der Waals surface area contributed by atoms with Crippen molar-refractivity contribution in [3.8, 4) is 0 Å². The Hall–Kier alpha value is -0.930. The summed E-state index contributed by atoms with van der Waals surface area (Å²) in [6.45, 7) is 4.15. The predicted molar refractivity (Wildman–Crippen MR) is 75.3 cm³/mol. The Bertz CT molecular complexity index is 339. The number of nitrogens with zero attached hydrogens (tertiary/aromatic N) is 2. The highest BCUT2D eigenvalue weighted by molar-refractivity contribution is 5.15. The molecule has 2 N–H and O–H groups in total. The van der Waals surface area contributed by atoms with Crippen LogP contribution in [0.2, 0.25) is 0 Å². The first kappa shape index (κ1) is 13.5. The van der Waals surface area contributed by atoms with Crippen LogP contribution in [0.25, 0.3) is 0 Å². The maximum Gasteiger partial charge on any atom is 0.0488 e. The third-order valence-corrected chi connectivity index (χ3v) is 4.09. The van der Waals surface area contributed by atoms with E-state index < -0.39 is 0 Å². The summed E-state index contributed by atoms with van der Waals surface area (Å²) < 4.78 is 0. The quantitative estimate of drug-likeness (QED) is 0.889. The van der Waals surface area contributed by atoms with Crippen molar-refractivity contribution in [2.45, 2.75) is 51.1 Å². The molecular weight excluding hydrogens is 222 g/mol. The van der Waals surface area contributed by atoms with Crippen LogP contribution in [0.3, 0.4) is 0 Å². The highest BCUT2D eigenvalue weighted by Gasteiger charge is 2.26. The van der Waals surface area contributed by atoms with E-state index >= 15 is 0 Å². The van der Waals surface area contributed by atoms with Crippen LogP contribution < -0.4 is 5.73 Å². The summed E-state index contributed by atoms with van der Waals surface area (Å²) in [5, 5.41) is 0. The fraction of sp³-hybridized carbons (Fsp3) is 0.667. The van der Waals surface area contributed by atoms with Crippen molar-refractivity contribution < 1.29 is 0 Å². The fourth-order valence-corrected chi connectivity index (χ4v) is 3.08. The molecule has 1 aromatic rings. The van der Waals surface area contributed by atoms with Crippen LogP contribution in [0.1, 0.15) is 50.6 Å². The summed E-state index contributed by atoms with van der Waals surface area (Å²) >= 11 is 0. The van der Waals surface area contributed by atoms with E-state index in [0.29, 0.717) is 18.6 Å². The molecule has 1 aliphatic heterocycles. The molecule has 1 fully saturated rings. The SMILES string of the molecule is CCC1CCCCCN1C(CN)c1cccnc1. The molecule has 0 spiro atoms. The fourth-order valence-electron chi connectivity index (χ4n) is 3.08. The second-order valence-corrected chi connectivity index (χ2v) is 5.19.